The molecule has 0 aromatic rings. The van der Waals surface area contributed by atoms with Crippen molar-refractivity contribution in [2.75, 3.05) is 6.61 Å². The molecule has 0 saturated heterocycles. The maximum atomic E-state index is 5.59. The Labute approximate surface area is 84.0 Å². The van der Waals surface area contributed by atoms with E-state index in [1.165, 1.54) is 5.57 Å². The van der Waals surface area contributed by atoms with Crippen LogP contribution in [0.3, 0.4) is 0 Å². The molecule has 0 atom stereocenters. The fourth-order valence-electron chi connectivity index (χ4n) is 1.41. The van der Waals surface area contributed by atoms with Gasteiger partial charge in [0.15, 0.2) is 0 Å². The van der Waals surface area contributed by atoms with Gasteiger partial charge in [-0.15, -0.1) is 5.73 Å². The van der Waals surface area contributed by atoms with Crippen molar-refractivity contribution in [3.8, 4) is 0 Å². The van der Waals surface area contributed by atoms with Crippen molar-refractivity contribution in [1.29, 1.82) is 0 Å². The third kappa shape index (κ3) is 1.70. The van der Waals surface area contributed by atoms with Crippen LogP contribution in [-0.4, -0.2) is 12.3 Å². The summed E-state index contributed by atoms with van der Waals surface area (Å²) >= 11 is 0. The van der Waals surface area contributed by atoms with Crippen molar-refractivity contribution in [1.82, 2.24) is 0 Å². The van der Waals surface area contributed by atoms with Gasteiger partial charge in [0, 0.05) is 6.08 Å². The van der Waals surface area contributed by atoms with Gasteiger partial charge < -0.3 is 4.74 Å². The Hall–Kier alpha value is -1.53. The molecule has 2 aliphatic rings. The molecule has 0 amide bonds. The highest BCUT2D eigenvalue weighted by Crippen LogP contribution is 2.21. The summed E-state index contributed by atoms with van der Waals surface area (Å²) < 4.78 is 5.59. The average molecular weight is 187 g/mol. The van der Waals surface area contributed by atoms with Crippen LogP contribution < -0.4 is 0 Å². The molecule has 72 valence electrons. The molecule has 0 unspecified atom stereocenters. The van der Waals surface area contributed by atoms with Crippen molar-refractivity contribution in [2.45, 2.75) is 20.3 Å². The normalized spacial score (nSPS) is 19.6. The van der Waals surface area contributed by atoms with Crippen molar-refractivity contribution in [3.63, 3.8) is 0 Å². The van der Waals surface area contributed by atoms with E-state index in [1.807, 2.05) is 25.2 Å². The largest absolute Gasteiger partial charge is 0.485 e. The van der Waals surface area contributed by atoms with Gasteiger partial charge in [0.05, 0.1) is 5.71 Å². The lowest BCUT2D eigenvalue weighted by atomic mass is 10.2. The standard InChI is InChI=1S/C12H13NO/c1-3-10-5-4-6-11-12(7-10)14-8-9(2)13-11/h5-7H,3,8H2,1-2H3. The Morgan fingerprint density at radius 2 is 2.36 bits per heavy atom. The molecule has 0 saturated carbocycles. The Balaban J connectivity index is 2.44. The van der Waals surface area contributed by atoms with Crippen LogP contribution in [0.5, 0.6) is 0 Å². The van der Waals surface area contributed by atoms with Crippen LogP contribution in [0.2, 0.25) is 0 Å². The summed E-state index contributed by atoms with van der Waals surface area (Å²) in [6.07, 6.45) is 6.88. The van der Waals surface area contributed by atoms with Crippen LogP contribution in [0.25, 0.3) is 0 Å². The van der Waals surface area contributed by atoms with E-state index in [0.29, 0.717) is 6.61 Å². The molecular weight excluding hydrogens is 174 g/mol. The average Bonchev–Trinajstić information content (AvgIpc) is 2.38. The monoisotopic (exact) mass is 187 g/mol. The van der Waals surface area contributed by atoms with Gasteiger partial charge in [0.1, 0.15) is 18.1 Å². The summed E-state index contributed by atoms with van der Waals surface area (Å²) in [5.74, 6) is 0.869. The molecule has 1 heterocycles. The Morgan fingerprint density at radius 1 is 1.50 bits per heavy atom. The molecule has 1 aliphatic carbocycles. The number of hydrogen-bond donors (Lipinski definition) is 0. The van der Waals surface area contributed by atoms with Crippen LogP contribution in [0.1, 0.15) is 20.3 Å². The van der Waals surface area contributed by atoms with E-state index in [0.717, 1.165) is 23.6 Å². The second kappa shape index (κ2) is 3.69. The molecule has 0 aromatic heterocycles. The fraction of sp³-hybridized carbons (Fsp3) is 0.333. The highest BCUT2D eigenvalue weighted by Gasteiger charge is 2.11. The lowest BCUT2D eigenvalue weighted by Crippen LogP contribution is -2.10. The summed E-state index contributed by atoms with van der Waals surface area (Å²) in [5.41, 5.74) is 6.22. The van der Waals surface area contributed by atoms with E-state index in [-0.39, 0.29) is 0 Å². The Bertz CT molecular complexity index is 404. The lowest BCUT2D eigenvalue weighted by Gasteiger charge is -2.14. The summed E-state index contributed by atoms with van der Waals surface area (Å²) in [4.78, 5) is 4.42. The first-order valence-corrected chi connectivity index (χ1v) is 4.84. The van der Waals surface area contributed by atoms with Gasteiger partial charge >= 0.3 is 0 Å². The minimum atomic E-state index is 0.597. The van der Waals surface area contributed by atoms with Gasteiger partial charge in [-0.05, 0) is 31.1 Å². The van der Waals surface area contributed by atoms with Crippen molar-refractivity contribution < 1.29 is 4.74 Å². The van der Waals surface area contributed by atoms with Gasteiger partial charge in [-0.25, -0.2) is 4.99 Å². The second-order valence-electron chi connectivity index (χ2n) is 3.41. The van der Waals surface area contributed by atoms with Gasteiger partial charge in [0.25, 0.3) is 0 Å². The number of hydrogen-bond acceptors (Lipinski definition) is 2. The minimum Gasteiger partial charge on any atom is -0.485 e. The summed E-state index contributed by atoms with van der Waals surface area (Å²) in [5, 5.41) is 0. The highest BCUT2D eigenvalue weighted by molar-refractivity contribution is 5.85. The third-order valence-corrected chi connectivity index (χ3v) is 2.21. The molecule has 2 heteroatoms. The molecule has 0 fully saturated rings. The van der Waals surface area contributed by atoms with Crippen LogP contribution >= 0.6 is 0 Å². The summed E-state index contributed by atoms with van der Waals surface area (Å²) in [7, 11) is 0. The lowest BCUT2D eigenvalue weighted by molar-refractivity contribution is 0.264. The minimum absolute atomic E-state index is 0.597. The number of rotatable bonds is 1. The van der Waals surface area contributed by atoms with Gasteiger partial charge in [-0.1, -0.05) is 6.92 Å². The molecule has 2 nitrogen and oxygen atoms in total. The fourth-order valence-corrected chi connectivity index (χ4v) is 1.41. The molecule has 0 aromatic carbocycles. The molecule has 0 N–H and O–H groups in total. The molecular formula is C12H13NO. The van der Waals surface area contributed by atoms with Crippen LogP contribution in [-0.2, 0) is 4.74 Å². The molecule has 0 spiro atoms. The van der Waals surface area contributed by atoms with Gasteiger partial charge in [-0.2, -0.15) is 0 Å². The maximum Gasteiger partial charge on any atom is 0.146 e. The van der Waals surface area contributed by atoms with Gasteiger partial charge in [0.2, 0.25) is 0 Å². The summed E-state index contributed by atoms with van der Waals surface area (Å²) in [6, 6.07) is 0. The Morgan fingerprint density at radius 3 is 3.14 bits per heavy atom. The van der Waals surface area contributed by atoms with Crippen LogP contribution in [0.15, 0.2) is 46.0 Å². The topological polar surface area (TPSA) is 21.6 Å². The van der Waals surface area contributed by atoms with Crippen molar-refractivity contribution >= 4 is 5.71 Å². The zero-order valence-electron chi connectivity index (χ0n) is 8.50. The maximum absolute atomic E-state index is 5.59. The van der Waals surface area contributed by atoms with Crippen molar-refractivity contribution in [3.05, 3.63) is 41.0 Å². The van der Waals surface area contributed by atoms with Gasteiger partial charge in [-0.3, -0.25) is 0 Å². The predicted molar refractivity (Wildman–Crippen MR) is 57.1 cm³/mol. The first-order chi connectivity index (χ1) is 6.79. The van der Waals surface area contributed by atoms with E-state index < -0.39 is 0 Å². The Kier molecular flexibility index (Phi) is 2.38. The first-order valence-electron chi connectivity index (χ1n) is 4.84. The zero-order chi connectivity index (χ0) is 9.97. The smallest absolute Gasteiger partial charge is 0.146 e. The van der Waals surface area contributed by atoms with E-state index in [2.05, 4.69) is 17.6 Å². The second-order valence-corrected chi connectivity index (χ2v) is 3.41. The highest BCUT2D eigenvalue weighted by atomic mass is 16.5. The van der Waals surface area contributed by atoms with Crippen LogP contribution in [0.4, 0.5) is 0 Å². The molecule has 1 aliphatic heterocycles. The van der Waals surface area contributed by atoms with E-state index in [1.54, 1.807) is 0 Å². The van der Waals surface area contributed by atoms with E-state index >= 15 is 0 Å². The predicted octanol–water partition coefficient (Wildman–Crippen LogP) is 2.75. The number of allylic oxidation sites excluding steroid dienone is 3. The van der Waals surface area contributed by atoms with Crippen molar-refractivity contribution in [2.24, 2.45) is 4.99 Å². The molecule has 2 rings (SSSR count). The van der Waals surface area contributed by atoms with E-state index in [4.69, 9.17) is 4.74 Å². The third-order valence-electron chi connectivity index (χ3n) is 2.21. The zero-order valence-corrected chi connectivity index (χ0v) is 8.50. The first kappa shape index (κ1) is 9.04. The molecule has 0 radical (unpaired) electrons. The summed E-state index contributed by atoms with van der Waals surface area (Å²) in [6.45, 7) is 4.68. The molecule has 0 bridgehead atoms. The molecule has 14 heavy (non-hydrogen) atoms. The van der Waals surface area contributed by atoms with Crippen LogP contribution in [0, 0.1) is 0 Å². The van der Waals surface area contributed by atoms with E-state index in [9.17, 15) is 0 Å². The quantitative estimate of drug-likeness (QED) is 0.578. The SMILES string of the molecule is CCC1=CC2=C(C=C=C1)N=C(C)CO2. The number of ether oxygens (including phenoxy) is 1. The number of nitrogens with zero attached hydrogens (tertiary/aromatic N) is 1. The number of aliphatic imine (C=N–C) groups is 1.